The van der Waals surface area contributed by atoms with E-state index in [4.69, 9.17) is 5.11 Å². The molecule has 34 heavy (non-hydrogen) atoms. The zero-order valence-corrected chi connectivity index (χ0v) is 19.7. The molecule has 2 atom stereocenters. The lowest BCUT2D eigenvalue weighted by Crippen LogP contribution is -2.21. The Morgan fingerprint density at radius 3 is 2.38 bits per heavy atom. The van der Waals surface area contributed by atoms with Crippen molar-refractivity contribution in [3.63, 3.8) is 0 Å². The highest BCUT2D eigenvalue weighted by Crippen LogP contribution is 2.46. The number of carboxylic acids is 1. The molecule has 176 valence electrons. The molecule has 0 aliphatic heterocycles. The number of nitrogens with one attached hydrogen (secondary N) is 1. The van der Waals surface area contributed by atoms with Crippen LogP contribution in [0.3, 0.4) is 0 Å². The van der Waals surface area contributed by atoms with Crippen molar-refractivity contribution in [3.05, 3.63) is 82.4 Å². The van der Waals surface area contributed by atoms with Crippen molar-refractivity contribution in [2.45, 2.75) is 32.7 Å². The molecule has 0 spiro atoms. The molecular formula is C27H28FN3O3. The largest absolute Gasteiger partial charge is 0.481 e. The van der Waals surface area contributed by atoms with Crippen LogP contribution in [0.15, 0.2) is 48.7 Å². The van der Waals surface area contributed by atoms with Gasteiger partial charge in [-0.25, -0.2) is 4.39 Å². The molecule has 1 aliphatic carbocycles. The summed E-state index contributed by atoms with van der Waals surface area (Å²) in [5.41, 5.74) is 6.43. The predicted octanol–water partition coefficient (Wildman–Crippen LogP) is 5.01. The van der Waals surface area contributed by atoms with Crippen LogP contribution in [0.1, 0.15) is 45.1 Å². The number of carboxylic acid groups (broad SMARTS) is 1. The molecule has 3 aromatic rings. The summed E-state index contributed by atoms with van der Waals surface area (Å²) in [5, 5.41) is 12.3. The third-order valence-electron chi connectivity index (χ3n) is 6.28. The van der Waals surface area contributed by atoms with Crippen molar-refractivity contribution in [2.24, 2.45) is 5.92 Å². The number of pyridine rings is 1. The van der Waals surface area contributed by atoms with E-state index in [0.29, 0.717) is 17.5 Å². The minimum absolute atomic E-state index is 0.0217. The lowest BCUT2D eigenvalue weighted by molar-refractivity contribution is -0.138. The molecule has 1 aromatic heterocycles. The van der Waals surface area contributed by atoms with Gasteiger partial charge in [-0.05, 0) is 78.9 Å². The molecule has 1 saturated carbocycles. The molecule has 2 N–H and O–H groups in total. The van der Waals surface area contributed by atoms with Gasteiger partial charge in [-0.1, -0.05) is 6.07 Å². The summed E-state index contributed by atoms with van der Waals surface area (Å²) < 4.78 is 14.6. The highest BCUT2D eigenvalue weighted by atomic mass is 19.1. The number of aromatic nitrogens is 1. The molecular weight excluding hydrogens is 433 g/mol. The fourth-order valence-electron chi connectivity index (χ4n) is 4.39. The summed E-state index contributed by atoms with van der Waals surface area (Å²) in [7, 11) is 3.45. The lowest BCUT2D eigenvalue weighted by atomic mass is 9.92. The molecule has 7 heteroatoms. The predicted molar refractivity (Wildman–Crippen MR) is 129 cm³/mol. The van der Waals surface area contributed by atoms with E-state index < -0.39 is 5.97 Å². The highest BCUT2D eigenvalue weighted by Gasteiger charge is 2.45. The maximum absolute atomic E-state index is 14.6. The topological polar surface area (TPSA) is 82.5 Å². The number of benzene rings is 2. The van der Waals surface area contributed by atoms with Gasteiger partial charge in [0.1, 0.15) is 5.82 Å². The summed E-state index contributed by atoms with van der Waals surface area (Å²) in [6.07, 6.45) is 2.28. The van der Waals surface area contributed by atoms with Crippen molar-refractivity contribution in [1.82, 2.24) is 9.88 Å². The summed E-state index contributed by atoms with van der Waals surface area (Å²) in [6.45, 7) is 4.19. The molecule has 2 aromatic carbocycles. The molecule has 0 saturated heterocycles. The summed E-state index contributed by atoms with van der Waals surface area (Å²) in [4.78, 5) is 29.3. The molecule has 0 unspecified atom stereocenters. The molecule has 1 aliphatic rings. The monoisotopic (exact) mass is 461 g/mol. The first-order chi connectivity index (χ1) is 16.2. The van der Waals surface area contributed by atoms with E-state index in [1.807, 2.05) is 44.2 Å². The molecule has 6 nitrogen and oxygen atoms in total. The number of anilines is 1. The van der Waals surface area contributed by atoms with Gasteiger partial charge in [0.05, 0.1) is 17.8 Å². The van der Waals surface area contributed by atoms with Crippen molar-refractivity contribution in [2.75, 3.05) is 19.4 Å². The van der Waals surface area contributed by atoms with Gasteiger partial charge in [-0.15, -0.1) is 0 Å². The van der Waals surface area contributed by atoms with Gasteiger partial charge in [0, 0.05) is 43.4 Å². The fourth-order valence-corrected chi connectivity index (χ4v) is 4.39. The Morgan fingerprint density at radius 2 is 1.82 bits per heavy atom. The van der Waals surface area contributed by atoms with Crippen molar-refractivity contribution >= 4 is 17.6 Å². The van der Waals surface area contributed by atoms with E-state index in [1.54, 1.807) is 31.3 Å². The zero-order valence-electron chi connectivity index (χ0n) is 19.7. The first kappa shape index (κ1) is 23.4. The van der Waals surface area contributed by atoms with Gasteiger partial charge >= 0.3 is 5.97 Å². The maximum atomic E-state index is 14.6. The fraction of sp³-hybridized carbons (Fsp3) is 0.296. The smallest absolute Gasteiger partial charge is 0.307 e. The number of hydrogen-bond acceptors (Lipinski definition) is 4. The highest BCUT2D eigenvalue weighted by molar-refractivity contribution is 5.95. The van der Waals surface area contributed by atoms with Crippen LogP contribution in [-0.2, 0) is 11.3 Å². The third kappa shape index (κ3) is 4.78. The number of halogens is 1. The van der Waals surface area contributed by atoms with E-state index in [2.05, 4.69) is 10.3 Å². The first-order valence-electron chi connectivity index (χ1n) is 11.2. The van der Waals surface area contributed by atoms with Crippen LogP contribution in [-0.4, -0.2) is 41.0 Å². The quantitative estimate of drug-likeness (QED) is 0.517. The second-order valence-electron chi connectivity index (χ2n) is 9.10. The number of aryl methyl sites for hydroxylation is 2. The van der Waals surface area contributed by atoms with Gasteiger partial charge in [0.2, 0.25) is 0 Å². The number of carbonyl (C=O) groups is 2. The van der Waals surface area contributed by atoms with E-state index in [9.17, 15) is 14.0 Å². The van der Waals surface area contributed by atoms with E-state index in [1.165, 1.54) is 6.07 Å². The second kappa shape index (κ2) is 9.25. The van der Waals surface area contributed by atoms with Crippen LogP contribution in [0.2, 0.25) is 0 Å². The average Bonchev–Trinajstić information content (AvgIpc) is 3.60. The maximum Gasteiger partial charge on any atom is 0.307 e. The van der Waals surface area contributed by atoms with Crippen LogP contribution in [0.5, 0.6) is 0 Å². The van der Waals surface area contributed by atoms with Crippen LogP contribution >= 0.6 is 0 Å². The van der Waals surface area contributed by atoms with E-state index in [-0.39, 0.29) is 30.1 Å². The normalized spacial score (nSPS) is 16.7. The SMILES string of the molecule is Cc1cc(C(=O)N(C)C)cc(C)c1-c1ccc(F)c(CNc2ccc([C@H]3C[C@@H]3C(=O)O)nc2)c1. The Morgan fingerprint density at radius 1 is 1.12 bits per heavy atom. The molecule has 1 amide bonds. The molecule has 0 bridgehead atoms. The van der Waals surface area contributed by atoms with Crippen LogP contribution in [0.25, 0.3) is 11.1 Å². The molecule has 0 radical (unpaired) electrons. The Kier molecular flexibility index (Phi) is 6.37. The Labute approximate surface area is 198 Å². The van der Waals surface area contributed by atoms with E-state index >= 15 is 0 Å². The Balaban J connectivity index is 1.51. The van der Waals surface area contributed by atoms with E-state index in [0.717, 1.165) is 33.6 Å². The second-order valence-corrected chi connectivity index (χ2v) is 9.10. The molecule has 1 heterocycles. The van der Waals surface area contributed by atoms with Gasteiger partial charge < -0.3 is 15.3 Å². The molecule has 4 rings (SSSR count). The summed E-state index contributed by atoms with van der Waals surface area (Å²) in [6, 6.07) is 12.5. The van der Waals surface area contributed by atoms with Gasteiger partial charge in [0.15, 0.2) is 0 Å². The number of hydrogen-bond donors (Lipinski definition) is 2. The zero-order chi connectivity index (χ0) is 24.6. The van der Waals surface area contributed by atoms with Crippen molar-refractivity contribution in [3.8, 4) is 11.1 Å². The number of aliphatic carboxylic acids is 1. The van der Waals surface area contributed by atoms with Crippen molar-refractivity contribution < 1.29 is 19.1 Å². The third-order valence-corrected chi connectivity index (χ3v) is 6.28. The van der Waals surface area contributed by atoms with Gasteiger partial charge in [-0.3, -0.25) is 14.6 Å². The average molecular weight is 462 g/mol. The van der Waals surface area contributed by atoms with Crippen LogP contribution in [0, 0.1) is 25.6 Å². The Bertz CT molecular complexity index is 1230. The van der Waals surface area contributed by atoms with Crippen LogP contribution in [0.4, 0.5) is 10.1 Å². The van der Waals surface area contributed by atoms with Gasteiger partial charge in [0.25, 0.3) is 5.91 Å². The summed E-state index contributed by atoms with van der Waals surface area (Å²) >= 11 is 0. The number of nitrogens with zero attached hydrogens (tertiary/aromatic N) is 2. The van der Waals surface area contributed by atoms with Gasteiger partial charge in [-0.2, -0.15) is 0 Å². The standard InChI is InChI=1S/C27H28FN3O3/c1-15-9-18(26(32)31(3)4)10-16(2)25(15)17-5-7-23(28)19(11-17)13-29-20-6-8-24(30-14-20)21-12-22(21)27(33)34/h5-11,14,21-22,29H,12-13H2,1-4H3,(H,33,34)/t21-,22-/m0/s1. The minimum Gasteiger partial charge on any atom is -0.481 e. The Hall–Kier alpha value is -3.74. The lowest BCUT2D eigenvalue weighted by Gasteiger charge is -2.16. The minimum atomic E-state index is -0.784. The van der Waals surface area contributed by atoms with Crippen molar-refractivity contribution in [1.29, 1.82) is 0 Å². The summed E-state index contributed by atoms with van der Waals surface area (Å²) in [5.74, 6) is -1.51. The number of carbonyl (C=O) groups excluding carboxylic acids is 1. The first-order valence-corrected chi connectivity index (χ1v) is 11.2. The van der Waals surface area contributed by atoms with Crippen LogP contribution < -0.4 is 5.32 Å². The molecule has 1 fully saturated rings. The number of amides is 1. The number of rotatable bonds is 7.